The summed E-state index contributed by atoms with van der Waals surface area (Å²) < 4.78 is 0.951. The zero-order valence-electron chi connectivity index (χ0n) is 14.6. The van der Waals surface area contributed by atoms with Crippen LogP contribution in [0.15, 0.2) is 89.0 Å². The molecule has 0 spiro atoms. The van der Waals surface area contributed by atoms with Crippen molar-refractivity contribution in [3.8, 4) is 0 Å². The first-order valence-electron chi connectivity index (χ1n) is 8.74. The number of rotatable bonds is 5. The maximum absolute atomic E-state index is 13.2. The standard InChI is InChI=1S/C23H18ClNOS/c24-19-11-12-22-20(13-19)23(26)21(16-27-22)25(14-17-7-3-1-4-8-17)15-18-9-5-2-6-10-18/h1-13,16H,14-15H2. The molecule has 4 rings (SSSR count). The Balaban J connectivity index is 1.78. The van der Waals surface area contributed by atoms with Crippen LogP contribution in [-0.2, 0) is 13.1 Å². The molecular weight excluding hydrogens is 374 g/mol. The maximum atomic E-state index is 13.2. The normalized spacial score (nSPS) is 10.9. The number of benzene rings is 3. The van der Waals surface area contributed by atoms with E-state index in [1.165, 1.54) is 11.1 Å². The first-order valence-corrected chi connectivity index (χ1v) is 10.0. The zero-order chi connectivity index (χ0) is 18.6. The molecule has 1 heterocycles. The molecule has 3 aromatic carbocycles. The van der Waals surface area contributed by atoms with Gasteiger partial charge in [-0.25, -0.2) is 0 Å². The Labute approximate surface area is 167 Å². The van der Waals surface area contributed by atoms with Gasteiger partial charge in [-0.2, -0.15) is 0 Å². The third-order valence-corrected chi connectivity index (χ3v) is 5.68. The number of hydrogen-bond acceptors (Lipinski definition) is 3. The predicted octanol–water partition coefficient (Wildman–Crippen LogP) is 6.12. The first kappa shape index (κ1) is 17.8. The fourth-order valence-corrected chi connectivity index (χ4v) is 4.24. The van der Waals surface area contributed by atoms with Gasteiger partial charge in [-0.15, -0.1) is 11.3 Å². The topological polar surface area (TPSA) is 20.3 Å². The third kappa shape index (κ3) is 4.05. The molecule has 0 aliphatic rings. The van der Waals surface area contributed by atoms with Gasteiger partial charge < -0.3 is 4.90 Å². The van der Waals surface area contributed by atoms with Gasteiger partial charge in [0.2, 0.25) is 5.43 Å². The largest absolute Gasteiger partial charge is 0.359 e. The first-order chi connectivity index (χ1) is 13.2. The van der Waals surface area contributed by atoms with E-state index in [1.807, 2.05) is 53.9 Å². The molecule has 27 heavy (non-hydrogen) atoms. The van der Waals surface area contributed by atoms with Crippen LogP contribution in [0.2, 0.25) is 5.02 Å². The van der Waals surface area contributed by atoms with E-state index in [4.69, 9.17) is 11.6 Å². The highest BCUT2D eigenvalue weighted by molar-refractivity contribution is 7.16. The van der Waals surface area contributed by atoms with Gasteiger partial charge in [0.1, 0.15) is 0 Å². The molecular formula is C23H18ClNOS. The van der Waals surface area contributed by atoms with Gasteiger partial charge in [-0.1, -0.05) is 72.3 Å². The summed E-state index contributed by atoms with van der Waals surface area (Å²) in [4.78, 5) is 15.4. The summed E-state index contributed by atoms with van der Waals surface area (Å²) in [7, 11) is 0. The number of halogens is 1. The highest BCUT2D eigenvalue weighted by Crippen LogP contribution is 2.26. The van der Waals surface area contributed by atoms with Gasteiger partial charge in [0.15, 0.2) is 0 Å². The van der Waals surface area contributed by atoms with Gasteiger partial charge in [0, 0.05) is 33.6 Å². The molecule has 0 N–H and O–H groups in total. The van der Waals surface area contributed by atoms with E-state index < -0.39 is 0 Å². The summed E-state index contributed by atoms with van der Waals surface area (Å²) >= 11 is 7.71. The van der Waals surface area contributed by atoms with E-state index in [1.54, 1.807) is 17.4 Å². The second kappa shape index (κ2) is 7.95. The van der Waals surface area contributed by atoms with Gasteiger partial charge in [0.05, 0.1) is 5.69 Å². The van der Waals surface area contributed by atoms with Crippen molar-refractivity contribution in [3.05, 3.63) is 111 Å². The minimum atomic E-state index is 0.0260. The Morgan fingerprint density at radius 3 is 2.00 bits per heavy atom. The van der Waals surface area contributed by atoms with E-state index in [-0.39, 0.29) is 5.43 Å². The van der Waals surface area contributed by atoms with Crippen molar-refractivity contribution in [3.63, 3.8) is 0 Å². The van der Waals surface area contributed by atoms with Crippen molar-refractivity contribution in [2.75, 3.05) is 4.90 Å². The van der Waals surface area contributed by atoms with Gasteiger partial charge >= 0.3 is 0 Å². The lowest BCUT2D eigenvalue weighted by Crippen LogP contribution is -2.27. The van der Waals surface area contributed by atoms with E-state index in [0.717, 1.165) is 4.70 Å². The van der Waals surface area contributed by atoms with Crippen LogP contribution in [0.5, 0.6) is 0 Å². The molecule has 0 aliphatic heterocycles. The predicted molar refractivity (Wildman–Crippen MR) is 116 cm³/mol. The van der Waals surface area contributed by atoms with Crippen LogP contribution in [0.4, 0.5) is 5.69 Å². The van der Waals surface area contributed by atoms with Crippen molar-refractivity contribution in [2.45, 2.75) is 13.1 Å². The zero-order valence-corrected chi connectivity index (χ0v) is 16.2. The van der Waals surface area contributed by atoms with Crippen LogP contribution < -0.4 is 10.3 Å². The third-order valence-electron chi connectivity index (χ3n) is 4.49. The second-order valence-corrected chi connectivity index (χ2v) is 7.77. The molecule has 0 saturated carbocycles. The lowest BCUT2D eigenvalue weighted by atomic mass is 10.1. The van der Waals surface area contributed by atoms with Gasteiger partial charge in [-0.05, 0) is 29.3 Å². The van der Waals surface area contributed by atoms with Gasteiger partial charge in [0.25, 0.3) is 0 Å². The number of fused-ring (bicyclic) bond motifs is 1. The van der Waals surface area contributed by atoms with E-state index in [2.05, 4.69) is 29.2 Å². The fraction of sp³-hybridized carbons (Fsp3) is 0.0870. The van der Waals surface area contributed by atoms with Crippen LogP contribution in [0.25, 0.3) is 10.1 Å². The Bertz CT molecular complexity index is 1070. The maximum Gasteiger partial charge on any atom is 0.211 e. The highest BCUT2D eigenvalue weighted by Gasteiger charge is 2.14. The lowest BCUT2D eigenvalue weighted by molar-refractivity contribution is 0.799. The lowest BCUT2D eigenvalue weighted by Gasteiger charge is -2.24. The number of nitrogens with zero attached hydrogens (tertiary/aromatic N) is 1. The Kier molecular flexibility index (Phi) is 5.23. The molecule has 0 fully saturated rings. The SMILES string of the molecule is O=c1c(N(Cc2ccccc2)Cc2ccccc2)csc2ccc(Cl)cc12. The van der Waals surface area contributed by atoms with Crippen molar-refractivity contribution in [1.29, 1.82) is 0 Å². The second-order valence-electron chi connectivity index (χ2n) is 6.42. The molecule has 0 bridgehead atoms. The molecule has 4 aromatic rings. The van der Waals surface area contributed by atoms with Crippen LogP contribution in [-0.4, -0.2) is 0 Å². The van der Waals surface area contributed by atoms with Crippen molar-refractivity contribution in [2.24, 2.45) is 0 Å². The summed E-state index contributed by atoms with van der Waals surface area (Å²) in [5, 5.41) is 3.22. The van der Waals surface area contributed by atoms with Crippen molar-refractivity contribution < 1.29 is 0 Å². The van der Waals surface area contributed by atoms with Crippen LogP contribution in [0.1, 0.15) is 11.1 Å². The Morgan fingerprint density at radius 2 is 1.41 bits per heavy atom. The molecule has 4 heteroatoms. The number of hydrogen-bond donors (Lipinski definition) is 0. The Hall–Kier alpha value is -2.62. The van der Waals surface area contributed by atoms with Crippen LogP contribution in [0, 0.1) is 0 Å². The monoisotopic (exact) mass is 391 g/mol. The summed E-state index contributed by atoms with van der Waals surface area (Å²) in [5.41, 5.74) is 3.08. The molecule has 2 nitrogen and oxygen atoms in total. The summed E-state index contributed by atoms with van der Waals surface area (Å²) in [6.07, 6.45) is 0. The smallest absolute Gasteiger partial charge is 0.211 e. The van der Waals surface area contributed by atoms with E-state index in [0.29, 0.717) is 29.2 Å². The Morgan fingerprint density at radius 1 is 0.815 bits per heavy atom. The molecule has 0 atom stereocenters. The summed E-state index contributed by atoms with van der Waals surface area (Å²) in [6, 6.07) is 26.0. The van der Waals surface area contributed by atoms with Crippen LogP contribution >= 0.6 is 22.9 Å². The molecule has 1 aromatic heterocycles. The molecule has 0 radical (unpaired) electrons. The molecule has 0 saturated heterocycles. The molecule has 0 aliphatic carbocycles. The average molecular weight is 392 g/mol. The van der Waals surface area contributed by atoms with Crippen molar-refractivity contribution >= 4 is 38.7 Å². The fourth-order valence-electron chi connectivity index (χ4n) is 3.15. The number of anilines is 1. The highest BCUT2D eigenvalue weighted by atomic mass is 35.5. The summed E-state index contributed by atoms with van der Waals surface area (Å²) in [6.45, 7) is 1.34. The molecule has 134 valence electrons. The van der Waals surface area contributed by atoms with E-state index in [9.17, 15) is 4.79 Å². The molecule has 0 unspecified atom stereocenters. The molecule has 0 amide bonds. The minimum Gasteiger partial charge on any atom is -0.359 e. The van der Waals surface area contributed by atoms with Crippen molar-refractivity contribution in [1.82, 2.24) is 0 Å². The minimum absolute atomic E-state index is 0.0260. The van der Waals surface area contributed by atoms with Gasteiger partial charge in [-0.3, -0.25) is 4.79 Å². The van der Waals surface area contributed by atoms with Crippen LogP contribution in [0.3, 0.4) is 0 Å². The summed E-state index contributed by atoms with van der Waals surface area (Å²) in [5.74, 6) is 0. The quantitative estimate of drug-likeness (QED) is 0.408. The van der Waals surface area contributed by atoms with E-state index >= 15 is 0 Å². The average Bonchev–Trinajstić information content (AvgIpc) is 2.70.